The van der Waals surface area contributed by atoms with Gasteiger partial charge in [0.2, 0.25) is 0 Å². The highest BCUT2D eigenvalue weighted by Gasteiger charge is 2.27. The minimum Gasteiger partial charge on any atom is -0.461 e. The summed E-state index contributed by atoms with van der Waals surface area (Å²) >= 11 is 0. The molecule has 0 spiro atoms. The Morgan fingerprint density at radius 3 is 2.82 bits per heavy atom. The number of nitrogens with zero attached hydrogens (tertiary/aromatic N) is 2. The maximum absolute atomic E-state index is 14.0. The average molecular weight is 306 g/mol. The quantitative estimate of drug-likeness (QED) is 0.818. The lowest BCUT2D eigenvalue weighted by Crippen LogP contribution is -2.10. The molecule has 0 N–H and O–H groups in total. The van der Waals surface area contributed by atoms with Crippen molar-refractivity contribution in [2.75, 3.05) is 6.61 Å². The van der Waals surface area contributed by atoms with Crippen LogP contribution < -0.4 is 0 Å². The van der Waals surface area contributed by atoms with Gasteiger partial charge in [0, 0.05) is 17.3 Å². The highest BCUT2D eigenvalue weighted by atomic mass is 19.1. The van der Waals surface area contributed by atoms with Crippen LogP contribution in [0.1, 0.15) is 41.5 Å². The SMILES string of the molecule is CCOC(=O)c1nn(-c2ccc(F)cc2F)c2c1CCCC2. The summed E-state index contributed by atoms with van der Waals surface area (Å²) in [5.74, 6) is -1.85. The Balaban J connectivity index is 2.13. The fourth-order valence-electron chi connectivity index (χ4n) is 2.81. The van der Waals surface area contributed by atoms with Gasteiger partial charge in [-0.1, -0.05) is 0 Å². The zero-order valence-electron chi connectivity index (χ0n) is 12.2. The number of halogens is 2. The second-order valence-corrected chi connectivity index (χ2v) is 5.21. The molecule has 0 aliphatic heterocycles. The predicted octanol–water partition coefficient (Wildman–Crippen LogP) is 3.21. The number of hydrogen-bond donors (Lipinski definition) is 0. The Labute approximate surface area is 126 Å². The third kappa shape index (κ3) is 2.49. The van der Waals surface area contributed by atoms with E-state index in [4.69, 9.17) is 4.74 Å². The van der Waals surface area contributed by atoms with Gasteiger partial charge in [-0.3, -0.25) is 0 Å². The zero-order chi connectivity index (χ0) is 15.7. The van der Waals surface area contributed by atoms with Crippen molar-refractivity contribution < 1.29 is 18.3 Å². The zero-order valence-corrected chi connectivity index (χ0v) is 12.2. The molecule has 0 saturated heterocycles. The van der Waals surface area contributed by atoms with Crippen LogP contribution in [0.3, 0.4) is 0 Å². The number of esters is 1. The molecule has 0 amide bonds. The monoisotopic (exact) mass is 306 g/mol. The molecule has 1 aliphatic carbocycles. The lowest BCUT2D eigenvalue weighted by atomic mass is 9.95. The van der Waals surface area contributed by atoms with Gasteiger partial charge in [-0.05, 0) is 44.7 Å². The van der Waals surface area contributed by atoms with Gasteiger partial charge in [0.25, 0.3) is 0 Å². The number of aromatic nitrogens is 2. The van der Waals surface area contributed by atoms with Gasteiger partial charge in [-0.2, -0.15) is 5.10 Å². The van der Waals surface area contributed by atoms with Gasteiger partial charge in [-0.25, -0.2) is 18.3 Å². The Morgan fingerprint density at radius 2 is 2.09 bits per heavy atom. The van der Waals surface area contributed by atoms with E-state index in [9.17, 15) is 13.6 Å². The minimum atomic E-state index is -0.703. The molecule has 0 radical (unpaired) electrons. The second kappa shape index (κ2) is 5.87. The summed E-state index contributed by atoms with van der Waals surface area (Å²) in [5.41, 5.74) is 2.00. The van der Waals surface area contributed by atoms with E-state index < -0.39 is 17.6 Å². The van der Waals surface area contributed by atoms with E-state index in [1.165, 1.54) is 16.8 Å². The maximum Gasteiger partial charge on any atom is 0.359 e. The van der Waals surface area contributed by atoms with Crippen molar-refractivity contribution >= 4 is 5.97 Å². The van der Waals surface area contributed by atoms with Crippen molar-refractivity contribution in [3.8, 4) is 5.69 Å². The highest BCUT2D eigenvalue weighted by molar-refractivity contribution is 5.89. The molecular formula is C16H16F2N2O2. The van der Waals surface area contributed by atoms with Crippen LogP contribution >= 0.6 is 0 Å². The largest absolute Gasteiger partial charge is 0.461 e. The summed E-state index contributed by atoms with van der Waals surface area (Å²) in [6, 6.07) is 3.33. The van der Waals surface area contributed by atoms with E-state index in [1.807, 2.05) is 0 Å². The molecule has 0 bridgehead atoms. The van der Waals surface area contributed by atoms with Gasteiger partial charge in [-0.15, -0.1) is 0 Å². The molecule has 2 aromatic rings. The fraction of sp³-hybridized carbons (Fsp3) is 0.375. The predicted molar refractivity (Wildman–Crippen MR) is 76.1 cm³/mol. The molecule has 116 valence electrons. The molecular weight excluding hydrogens is 290 g/mol. The number of fused-ring (bicyclic) bond motifs is 1. The Morgan fingerprint density at radius 1 is 1.32 bits per heavy atom. The van der Waals surface area contributed by atoms with Crippen molar-refractivity contribution in [3.05, 3.63) is 46.8 Å². The van der Waals surface area contributed by atoms with Gasteiger partial charge in [0.15, 0.2) is 11.5 Å². The molecule has 0 unspecified atom stereocenters. The number of carbonyl (C=O) groups excluding carboxylic acids is 1. The van der Waals surface area contributed by atoms with Gasteiger partial charge in [0.05, 0.1) is 6.61 Å². The number of hydrogen-bond acceptors (Lipinski definition) is 3. The smallest absolute Gasteiger partial charge is 0.359 e. The molecule has 1 aromatic heterocycles. The maximum atomic E-state index is 14.0. The Hall–Kier alpha value is -2.24. The third-order valence-corrected chi connectivity index (χ3v) is 3.79. The number of benzene rings is 1. The molecule has 3 rings (SSSR count). The molecule has 4 nitrogen and oxygen atoms in total. The Bertz CT molecular complexity index is 725. The molecule has 22 heavy (non-hydrogen) atoms. The molecule has 6 heteroatoms. The molecule has 1 heterocycles. The summed E-state index contributed by atoms with van der Waals surface area (Å²) in [7, 11) is 0. The fourth-order valence-corrected chi connectivity index (χ4v) is 2.81. The van der Waals surface area contributed by atoms with E-state index in [1.54, 1.807) is 6.92 Å². The van der Waals surface area contributed by atoms with Gasteiger partial charge in [0.1, 0.15) is 11.5 Å². The topological polar surface area (TPSA) is 44.1 Å². The van der Waals surface area contributed by atoms with Crippen molar-refractivity contribution in [1.82, 2.24) is 9.78 Å². The first-order valence-electron chi connectivity index (χ1n) is 7.35. The number of ether oxygens (including phenoxy) is 1. The van der Waals surface area contributed by atoms with Crippen molar-refractivity contribution in [3.63, 3.8) is 0 Å². The van der Waals surface area contributed by atoms with Gasteiger partial charge >= 0.3 is 5.97 Å². The highest BCUT2D eigenvalue weighted by Crippen LogP contribution is 2.28. The molecule has 1 aromatic carbocycles. The van der Waals surface area contributed by atoms with Crippen molar-refractivity contribution in [1.29, 1.82) is 0 Å². The second-order valence-electron chi connectivity index (χ2n) is 5.21. The average Bonchev–Trinajstić information content (AvgIpc) is 2.87. The first-order chi connectivity index (χ1) is 10.6. The summed E-state index contributed by atoms with van der Waals surface area (Å²) in [6.07, 6.45) is 3.33. The first kappa shape index (κ1) is 14.7. The standard InChI is InChI=1S/C16H16F2N2O2/c1-2-22-16(21)15-11-5-3-4-6-13(11)20(19-15)14-8-7-10(17)9-12(14)18/h7-9H,2-6H2,1H3. The first-order valence-corrected chi connectivity index (χ1v) is 7.35. The van der Waals surface area contributed by atoms with E-state index >= 15 is 0 Å². The van der Waals surface area contributed by atoms with Crippen LogP contribution in [0.2, 0.25) is 0 Å². The molecule has 1 aliphatic rings. The lowest BCUT2D eigenvalue weighted by Gasteiger charge is -2.14. The van der Waals surface area contributed by atoms with Crippen LogP contribution in [-0.2, 0) is 17.6 Å². The normalized spacial score (nSPS) is 13.8. The van der Waals surface area contributed by atoms with Crippen LogP contribution in [-0.4, -0.2) is 22.4 Å². The number of carbonyl (C=O) groups is 1. The lowest BCUT2D eigenvalue weighted by molar-refractivity contribution is 0.0517. The van der Waals surface area contributed by atoms with E-state index in [-0.39, 0.29) is 18.0 Å². The summed E-state index contributed by atoms with van der Waals surface area (Å²) in [5, 5.41) is 4.25. The molecule has 0 fully saturated rings. The van der Waals surface area contributed by atoms with Crippen LogP contribution in [0.4, 0.5) is 8.78 Å². The summed E-state index contributed by atoms with van der Waals surface area (Å²) < 4.78 is 33.6. The van der Waals surface area contributed by atoms with E-state index in [2.05, 4.69) is 5.10 Å². The van der Waals surface area contributed by atoms with Crippen LogP contribution in [0.15, 0.2) is 18.2 Å². The van der Waals surface area contributed by atoms with Crippen LogP contribution in [0, 0.1) is 11.6 Å². The van der Waals surface area contributed by atoms with E-state index in [0.717, 1.165) is 30.2 Å². The van der Waals surface area contributed by atoms with Gasteiger partial charge < -0.3 is 4.74 Å². The van der Waals surface area contributed by atoms with Crippen molar-refractivity contribution in [2.45, 2.75) is 32.6 Å². The van der Waals surface area contributed by atoms with Crippen LogP contribution in [0.25, 0.3) is 5.69 Å². The van der Waals surface area contributed by atoms with Crippen molar-refractivity contribution in [2.24, 2.45) is 0 Å². The summed E-state index contributed by atoms with van der Waals surface area (Å²) in [4.78, 5) is 12.0. The Kier molecular flexibility index (Phi) is 3.92. The van der Waals surface area contributed by atoms with E-state index in [0.29, 0.717) is 12.8 Å². The molecule has 0 atom stereocenters. The minimum absolute atomic E-state index is 0.148. The third-order valence-electron chi connectivity index (χ3n) is 3.79. The number of rotatable bonds is 3. The summed E-state index contributed by atoms with van der Waals surface area (Å²) in [6.45, 7) is 1.98. The molecule has 0 saturated carbocycles. The van der Waals surface area contributed by atoms with Crippen LogP contribution in [0.5, 0.6) is 0 Å².